The van der Waals surface area contributed by atoms with Crippen molar-refractivity contribution in [2.24, 2.45) is 0 Å². The highest BCUT2D eigenvalue weighted by Crippen LogP contribution is 2.23. The van der Waals surface area contributed by atoms with E-state index in [0.717, 1.165) is 12.2 Å². The van der Waals surface area contributed by atoms with Crippen LogP contribution < -0.4 is 5.32 Å². The maximum absolute atomic E-state index is 10.7. The Kier molecular flexibility index (Phi) is 3.47. The Morgan fingerprint density at radius 2 is 2.33 bits per heavy atom. The van der Waals surface area contributed by atoms with Gasteiger partial charge in [-0.15, -0.1) is 0 Å². The van der Waals surface area contributed by atoms with E-state index < -0.39 is 5.97 Å². The van der Waals surface area contributed by atoms with Gasteiger partial charge in [0, 0.05) is 18.9 Å². The second-order valence-corrected chi connectivity index (χ2v) is 3.98. The molecule has 0 atom stereocenters. The first kappa shape index (κ1) is 12.4. The van der Waals surface area contributed by atoms with Crippen LogP contribution >= 0.6 is 11.6 Å². The van der Waals surface area contributed by atoms with Crippen LogP contribution in [0, 0.1) is 0 Å². The molecule has 18 heavy (non-hydrogen) atoms. The van der Waals surface area contributed by atoms with Gasteiger partial charge in [-0.2, -0.15) is 5.10 Å². The minimum atomic E-state index is -1.06. The molecule has 0 unspecified atom stereocenters. The third kappa shape index (κ3) is 2.60. The molecule has 0 bridgehead atoms. The van der Waals surface area contributed by atoms with E-state index in [9.17, 15) is 4.79 Å². The summed E-state index contributed by atoms with van der Waals surface area (Å²) in [4.78, 5) is 14.7. The molecule has 2 rings (SSSR count). The SMILES string of the molecule is CCn1cc(Nc2ncc(C(=O)O)cc2Cl)cn1. The van der Waals surface area contributed by atoms with Crippen molar-refractivity contribution >= 4 is 29.1 Å². The monoisotopic (exact) mass is 266 g/mol. The van der Waals surface area contributed by atoms with Crippen molar-refractivity contribution in [2.45, 2.75) is 13.5 Å². The summed E-state index contributed by atoms with van der Waals surface area (Å²) in [6, 6.07) is 1.35. The fourth-order valence-corrected chi connectivity index (χ4v) is 1.60. The number of carbonyl (C=O) groups is 1. The standard InChI is InChI=1S/C11H11ClN4O2/c1-2-16-6-8(5-14-16)15-10-9(12)3-7(4-13-10)11(17)18/h3-6H,2H2,1H3,(H,13,15)(H,17,18). The molecule has 2 heterocycles. The number of aromatic carboxylic acids is 1. The molecule has 2 aromatic heterocycles. The van der Waals surface area contributed by atoms with Crippen LogP contribution in [0.4, 0.5) is 11.5 Å². The molecular weight excluding hydrogens is 256 g/mol. The Hall–Kier alpha value is -2.08. The highest BCUT2D eigenvalue weighted by atomic mass is 35.5. The molecule has 0 aromatic carbocycles. The quantitative estimate of drug-likeness (QED) is 0.888. The summed E-state index contributed by atoms with van der Waals surface area (Å²) >= 11 is 5.95. The Morgan fingerprint density at radius 3 is 2.89 bits per heavy atom. The molecule has 0 saturated heterocycles. The summed E-state index contributed by atoms with van der Waals surface area (Å²) < 4.78 is 1.75. The molecule has 0 aliphatic heterocycles. The molecule has 2 aromatic rings. The lowest BCUT2D eigenvalue weighted by Gasteiger charge is -2.05. The van der Waals surface area contributed by atoms with E-state index in [1.165, 1.54) is 12.3 Å². The van der Waals surface area contributed by atoms with Crippen LogP contribution in [-0.2, 0) is 6.54 Å². The molecular formula is C11H11ClN4O2. The summed E-state index contributed by atoms with van der Waals surface area (Å²) in [5.41, 5.74) is 0.795. The second-order valence-electron chi connectivity index (χ2n) is 3.57. The molecule has 0 saturated carbocycles. The van der Waals surface area contributed by atoms with E-state index in [1.807, 2.05) is 13.1 Å². The third-order valence-corrected chi connectivity index (χ3v) is 2.60. The third-order valence-electron chi connectivity index (χ3n) is 2.31. The summed E-state index contributed by atoms with van der Waals surface area (Å²) in [5.74, 6) is -0.660. The van der Waals surface area contributed by atoms with Gasteiger partial charge in [0.05, 0.1) is 22.5 Å². The molecule has 0 amide bonds. The van der Waals surface area contributed by atoms with Crippen molar-refractivity contribution in [3.8, 4) is 0 Å². The average Bonchev–Trinajstić information content (AvgIpc) is 2.79. The lowest BCUT2D eigenvalue weighted by molar-refractivity contribution is 0.0696. The molecule has 94 valence electrons. The number of carboxylic acids is 1. The van der Waals surface area contributed by atoms with E-state index in [4.69, 9.17) is 16.7 Å². The Labute approximate surface area is 108 Å². The summed E-state index contributed by atoms with van der Waals surface area (Å²) in [5, 5.41) is 16.1. The Balaban J connectivity index is 2.21. The Bertz CT molecular complexity index is 582. The number of anilines is 2. The molecule has 0 aliphatic carbocycles. The van der Waals surface area contributed by atoms with Crippen LogP contribution in [0.1, 0.15) is 17.3 Å². The maximum atomic E-state index is 10.7. The minimum absolute atomic E-state index is 0.0507. The van der Waals surface area contributed by atoms with Crippen LogP contribution in [0.3, 0.4) is 0 Å². The Morgan fingerprint density at radius 1 is 1.56 bits per heavy atom. The van der Waals surface area contributed by atoms with Gasteiger partial charge in [-0.1, -0.05) is 11.6 Å². The summed E-state index contributed by atoms with van der Waals surface area (Å²) in [6.07, 6.45) is 4.70. The molecule has 6 nitrogen and oxygen atoms in total. The molecule has 0 fully saturated rings. The molecule has 2 N–H and O–H groups in total. The lowest BCUT2D eigenvalue weighted by atomic mass is 10.3. The van der Waals surface area contributed by atoms with Crippen molar-refractivity contribution in [1.29, 1.82) is 0 Å². The number of pyridine rings is 1. The normalized spacial score (nSPS) is 10.3. The van der Waals surface area contributed by atoms with E-state index in [0.29, 0.717) is 5.82 Å². The molecule has 0 aliphatic rings. The van der Waals surface area contributed by atoms with Gasteiger partial charge in [-0.3, -0.25) is 4.68 Å². The maximum Gasteiger partial charge on any atom is 0.337 e. The predicted molar refractivity (Wildman–Crippen MR) is 67.4 cm³/mol. The average molecular weight is 267 g/mol. The van der Waals surface area contributed by atoms with Crippen LogP contribution in [-0.4, -0.2) is 25.8 Å². The topological polar surface area (TPSA) is 80.0 Å². The minimum Gasteiger partial charge on any atom is -0.478 e. The number of nitrogens with zero attached hydrogens (tertiary/aromatic N) is 3. The van der Waals surface area contributed by atoms with Gasteiger partial charge in [0.15, 0.2) is 0 Å². The van der Waals surface area contributed by atoms with E-state index in [2.05, 4.69) is 15.4 Å². The number of halogens is 1. The summed E-state index contributed by atoms with van der Waals surface area (Å²) in [6.45, 7) is 2.74. The van der Waals surface area contributed by atoms with E-state index in [1.54, 1.807) is 10.9 Å². The second kappa shape index (κ2) is 5.05. The molecule has 0 spiro atoms. The lowest BCUT2D eigenvalue weighted by Crippen LogP contribution is -2.00. The number of rotatable bonds is 4. The predicted octanol–water partition coefficient (Wildman–Crippen LogP) is 2.39. The van der Waals surface area contributed by atoms with Gasteiger partial charge in [0.25, 0.3) is 0 Å². The fraction of sp³-hybridized carbons (Fsp3) is 0.182. The molecule has 0 radical (unpaired) electrons. The largest absolute Gasteiger partial charge is 0.478 e. The van der Waals surface area contributed by atoms with Crippen LogP contribution in [0.25, 0.3) is 0 Å². The van der Waals surface area contributed by atoms with Crippen LogP contribution in [0.15, 0.2) is 24.7 Å². The first-order valence-electron chi connectivity index (χ1n) is 5.28. The smallest absolute Gasteiger partial charge is 0.337 e. The number of aryl methyl sites for hydroxylation is 1. The van der Waals surface area contributed by atoms with Crippen molar-refractivity contribution in [3.63, 3.8) is 0 Å². The van der Waals surface area contributed by atoms with Crippen LogP contribution in [0.2, 0.25) is 5.02 Å². The highest BCUT2D eigenvalue weighted by molar-refractivity contribution is 6.33. The van der Waals surface area contributed by atoms with E-state index >= 15 is 0 Å². The fourth-order valence-electron chi connectivity index (χ4n) is 1.38. The van der Waals surface area contributed by atoms with E-state index in [-0.39, 0.29) is 10.6 Å². The van der Waals surface area contributed by atoms with Gasteiger partial charge in [-0.25, -0.2) is 9.78 Å². The zero-order chi connectivity index (χ0) is 13.1. The van der Waals surface area contributed by atoms with Gasteiger partial charge in [0.1, 0.15) is 5.82 Å². The zero-order valence-electron chi connectivity index (χ0n) is 9.59. The number of aromatic nitrogens is 3. The summed E-state index contributed by atoms with van der Waals surface area (Å²) in [7, 11) is 0. The number of hydrogen-bond donors (Lipinski definition) is 2. The first-order chi connectivity index (χ1) is 8.60. The van der Waals surface area contributed by atoms with Crippen LogP contribution in [0.5, 0.6) is 0 Å². The van der Waals surface area contributed by atoms with Gasteiger partial charge in [0.2, 0.25) is 0 Å². The first-order valence-corrected chi connectivity index (χ1v) is 5.66. The van der Waals surface area contributed by atoms with Gasteiger partial charge in [-0.05, 0) is 13.0 Å². The highest BCUT2D eigenvalue weighted by Gasteiger charge is 2.09. The van der Waals surface area contributed by atoms with Gasteiger partial charge >= 0.3 is 5.97 Å². The number of nitrogens with one attached hydrogen (secondary N) is 1. The number of hydrogen-bond acceptors (Lipinski definition) is 4. The zero-order valence-corrected chi connectivity index (χ0v) is 10.3. The number of carboxylic acid groups (broad SMARTS) is 1. The van der Waals surface area contributed by atoms with Crippen molar-refractivity contribution in [1.82, 2.24) is 14.8 Å². The van der Waals surface area contributed by atoms with Crippen molar-refractivity contribution < 1.29 is 9.90 Å². The van der Waals surface area contributed by atoms with Crippen molar-refractivity contribution in [2.75, 3.05) is 5.32 Å². The van der Waals surface area contributed by atoms with Gasteiger partial charge < -0.3 is 10.4 Å². The molecule has 7 heteroatoms. The van der Waals surface area contributed by atoms with Crippen molar-refractivity contribution in [3.05, 3.63) is 35.2 Å².